The number of halogens is 1. The van der Waals surface area contributed by atoms with E-state index in [9.17, 15) is 12.8 Å². The molecule has 2 rings (SSSR count). The number of nitrogens with one attached hydrogen (secondary N) is 1. The molecule has 1 unspecified atom stereocenters. The Morgan fingerprint density at radius 1 is 1.25 bits per heavy atom. The second kappa shape index (κ2) is 5.63. The lowest BCUT2D eigenvalue weighted by Gasteiger charge is -2.16. The van der Waals surface area contributed by atoms with E-state index in [1.165, 1.54) is 23.5 Å². The molecule has 2 aromatic rings. The summed E-state index contributed by atoms with van der Waals surface area (Å²) in [5.41, 5.74) is 0.821. The van der Waals surface area contributed by atoms with Crippen LogP contribution in [0.15, 0.2) is 34.5 Å². The SMILES string of the molecule is Cc1cc(F)cc(C)c1S(=O)(=O)NC(C)c1cccs1. The first kappa shape index (κ1) is 15.2. The molecule has 3 nitrogen and oxygen atoms in total. The fourth-order valence-corrected chi connectivity index (χ4v) is 4.69. The molecule has 0 spiro atoms. The Labute approximate surface area is 122 Å². The predicted molar refractivity (Wildman–Crippen MR) is 78.9 cm³/mol. The van der Waals surface area contributed by atoms with Crippen molar-refractivity contribution >= 4 is 21.4 Å². The summed E-state index contributed by atoms with van der Waals surface area (Å²) in [6, 6.07) is 5.90. The van der Waals surface area contributed by atoms with E-state index in [1.807, 2.05) is 17.5 Å². The van der Waals surface area contributed by atoms with E-state index < -0.39 is 15.8 Å². The summed E-state index contributed by atoms with van der Waals surface area (Å²) in [6.45, 7) is 4.98. The van der Waals surface area contributed by atoms with E-state index in [1.54, 1.807) is 20.8 Å². The van der Waals surface area contributed by atoms with Crippen LogP contribution in [0.4, 0.5) is 4.39 Å². The van der Waals surface area contributed by atoms with Crippen molar-refractivity contribution in [3.05, 3.63) is 51.5 Å². The zero-order valence-electron chi connectivity index (χ0n) is 11.5. The van der Waals surface area contributed by atoms with Gasteiger partial charge in [0.05, 0.1) is 10.9 Å². The Bertz CT molecular complexity index is 686. The number of benzene rings is 1. The van der Waals surface area contributed by atoms with Gasteiger partial charge in [-0.2, -0.15) is 0 Å². The highest BCUT2D eigenvalue weighted by atomic mass is 32.2. The molecule has 108 valence electrons. The van der Waals surface area contributed by atoms with Gasteiger partial charge < -0.3 is 0 Å². The van der Waals surface area contributed by atoms with Crippen LogP contribution in [-0.4, -0.2) is 8.42 Å². The molecule has 0 saturated heterocycles. The largest absolute Gasteiger partial charge is 0.241 e. The van der Waals surface area contributed by atoms with Gasteiger partial charge in [-0.25, -0.2) is 17.5 Å². The van der Waals surface area contributed by atoms with Crippen molar-refractivity contribution in [1.29, 1.82) is 0 Å². The van der Waals surface area contributed by atoms with E-state index in [0.29, 0.717) is 11.1 Å². The van der Waals surface area contributed by atoms with Crippen LogP contribution in [0, 0.1) is 19.7 Å². The fraction of sp³-hybridized carbons (Fsp3) is 0.286. The Hall–Kier alpha value is -1.24. The highest BCUT2D eigenvalue weighted by Crippen LogP contribution is 2.25. The molecule has 0 aliphatic rings. The summed E-state index contributed by atoms with van der Waals surface area (Å²) in [4.78, 5) is 1.09. The minimum Gasteiger partial charge on any atom is -0.207 e. The zero-order chi connectivity index (χ0) is 14.9. The average molecular weight is 313 g/mol. The summed E-state index contributed by atoms with van der Waals surface area (Å²) < 4.78 is 40.8. The van der Waals surface area contributed by atoms with Crippen molar-refractivity contribution in [1.82, 2.24) is 4.72 Å². The van der Waals surface area contributed by atoms with E-state index in [4.69, 9.17) is 0 Å². The van der Waals surface area contributed by atoms with Crippen molar-refractivity contribution in [2.75, 3.05) is 0 Å². The van der Waals surface area contributed by atoms with E-state index >= 15 is 0 Å². The second-order valence-electron chi connectivity index (χ2n) is 4.73. The molecule has 0 saturated carbocycles. The summed E-state index contributed by atoms with van der Waals surface area (Å²) in [7, 11) is -3.67. The van der Waals surface area contributed by atoms with Gasteiger partial charge in [0.1, 0.15) is 5.82 Å². The van der Waals surface area contributed by atoms with E-state index in [0.717, 1.165) is 4.88 Å². The highest BCUT2D eigenvalue weighted by Gasteiger charge is 2.23. The third-order valence-electron chi connectivity index (χ3n) is 3.00. The molecule has 20 heavy (non-hydrogen) atoms. The predicted octanol–water partition coefficient (Wildman–Crippen LogP) is 3.54. The molecule has 1 atom stereocenters. The first-order valence-electron chi connectivity index (χ1n) is 6.14. The van der Waals surface area contributed by atoms with Gasteiger partial charge in [-0.3, -0.25) is 0 Å². The number of hydrogen-bond donors (Lipinski definition) is 1. The van der Waals surface area contributed by atoms with Crippen LogP contribution in [0.5, 0.6) is 0 Å². The molecule has 1 aromatic carbocycles. The molecule has 1 aromatic heterocycles. The molecule has 0 fully saturated rings. The van der Waals surface area contributed by atoms with Crippen LogP contribution in [-0.2, 0) is 10.0 Å². The molecule has 0 aliphatic heterocycles. The smallest absolute Gasteiger partial charge is 0.207 e. The molecule has 6 heteroatoms. The summed E-state index contributed by atoms with van der Waals surface area (Å²) in [6.07, 6.45) is 0. The van der Waals surface area contributed by atoms with Gasteiger partial charge in [-0.05, 0) is 55.5 Å². The molecular formula is C14H16FNO2S2. The molecule has 0 amide bonds. The third-order valence-corrected chi connectivity index (χ3v) is 5.90. The van der Waals surface area contributed by atoms with Crippen LogP contribution in [0.2, 0.25) is 0 Å². The second-order valence-corrected chi connectivity index (χ2v) is 7.36. The molecule has 1 heterocycles. The van der Waals surface area contributed by atoms with Crippen molar-refractivity contribution in [3.63, 3.8) is 0 Å². The third kappa shape index (κ3) is 3.08. The lowest BCUT2D eigenvalue weighted by atomic mass is 10.1. The quantitative estimate of drug-likeness (QED) is 0.938. The zero-order valence-corrected chi connectivity index (χ0v) is 13.1. The lowest BCUT2D eigenvalue weighted by Crippen LogP contribution is -2.27. The Kier molecular flexibility index (Phi) is 4.27. The van der Waals surface area contributed by atoms with Gasteiger partial charge in [-0.1, -0.05) is 6.07 Å². The van der Waals surface area contributed by atoms with Crippen LogP contribution in [0.1, 0.15) is 29.0 Å². The normalized spacial score (nSPS) is 13.4. The monoisotopic (exact) mass is 313 g/mol. The highest BCUT2D eigenvalue weighted by molar-refractivity contribution is 7.89. The van der Waals surface area contributed by atoms with Gasteiger partial charge >= 0.3 is 0 Å². The van der Waals surface area contributed by atoms with Crippen molar-refractivity contribution < 1.29 is 12.8 Å². The number of thiophene rings is 1. The van der Waals surface area contributed by atoms with Crippen molar-refractivity contribution in [3.8, 4) is 0 Å². The number of hydrogen-bond acceptors (Lipinski definition) is 3. The molecule has 1 N–H and O–H groups in total. The van der Waals surface area contributed by atoms with Gasteiger partial charge in [0.15, 0.2) is 0 Å². The van der Waals surface area contributed by atoms with Crippen LogP contribution < -0.4 is 4.72 Å². The summed E-state index contributed by atoms with van der Waals surface area (Å²) in [5.74, 6) is -0.426. The fourth-order valence-electron chi connectivity index (χ4n) is 2.21. The molecular weight excluding hydrogens is 297 g/mol. The average Bonchev–Trinajstić information content (AvgIpc) is 2.78. The van der Waals surface area contributed by atoms with E-state index in [-0.39, 0.29) is 10.9 Å². The van der Waals surface area contributed by atoms with Crippen LogP contribution in [0.25, 0.3) is 0 Å². The van der Waals surface area contributed by atoms with E-state index in [2.05, 4.69) is 4.72 Å². The van der Waals surface area contributed by atoms with Crippen LogP contribution in [0.3, 0.4) is 0 Å². The summed E-state index contributed by atoms with van der Waals surface area (Å²) >= 11 is 1.49. The Morgan fingerprint density at radius 2 is 1.85 bits per heavy atom. The number of rotatable bonds is 4. The van der Waals surface area contributed by atoms with Gasteiger partial charge in [-0.15, -0.1) is 11.3 Å². The number of aryl methyl sites for hydroxylation is 2. The first-order valence-corrected chi connectivity index (χ1v) is 8.50. The van der Waals surface area contributed by atoms with Crippen LogP contribution >= 0.6 is 11.3 Å². The molecule has 0 radical (unpaired) electrons. The van der Waals surface area contributed by atoms with Crippen molar-refractivity contribution in [2.45, 2.75) is 31.7 Å². The number of sulfonamides is 1. The van der Waals surface area contributed by atoms with Gasteiger partial charge in [0, 0.05) is 4.88 Å². The first-order chi connectivity index (χ1) is 9.31. The van der Waals surface area contributed by atoms with Gasteiger partial charge in [0.2, 0.25) is 10.0 Å². The maximum atomic E-state index is 13.3. The maximum absolute atomic E-state index is 13.3. The topological polar surface area (TPSA) is 46.2 Å². The molecule has 0 aliphatic carbocycles. The standard InChI is InChI=1S/C14H16FNO2S2/c1-9-7-12(15)8-10(2)14(9)20(17,18)16-11(3)13-5-4-6-19-13/h4-8,11,16H,1-3H3. The maximum Gasteiger partial charge on any atom is 0.241 e. The Morgan fingerprint density at radius 3 is 2.35 bits per heavy atom. The molecule has 0 bridgehead atoms. The van der Waals surface area contributed by atoms with Gasteiger partial charge in [0.25, 0.3) is 0 Å². The minimum atomic E-state index is -3.67. The summed E-state index contributed by atoms with van der Waals surface area (Å²) in [5, 5.41) is 1.90. The van der Waals surface area contributed by atoms with Crippen molar-refractivity contribution in [2.24, 2.45) is 0 Å². The Balaban J connectivity index is 2.37. The lowest BCUT2D eigenvalue weighted by molar-refractivity contribution is 0.566. The minimum absolute atomic E-state index is 0.155.